The van der Waals surface area contributed by atoms with Gasteiger partial charge in [0.1, 0.15) is 6.54 Å². The minimum absolute atomic E-state index is 0. The van der Waals surface area contributed by atoms with Crippen LogP contribution in [0.2, 0.25) is 0 Å². The van der Waals surface area contributed by atoms with Gasteiger partial charge in [-0.1, -0.05) is 0 Å². The first kappa shape index (κ1) is 15.5. The molecule has 0 unspecified atom stereocenters. The molecule has 0 aromatic carbocycles. The van der Waals surface area contributed by atoms with E-state index in [1.54, 1.807) is 4.90 Å². The topological polar surface area (TPSA) is 75.4 Å². The Balaban J connectivity index is 0.00000225. The summed E-state index contributed by atoms with van der Waals surface area (Å²) < 4.78 is 0. The first-order chi connectivity index (χ1) is 6.88. The van der Waals surface area contributed by atoms with Crippen molar-refractivity contribution in [3.63, 3.8) is 0 Å². The summed E-state index contributed by atoms with van der Waals surface area (Å²) in [4.78, 5) is 24.2. The summed E-state index contributed by atoms with van der Waals surface area (Å²) in [6, 6.07) is 0. The second kappa shape index (κ2) is 6.32. The average molecular weight is 268 g/mol. The molecule has 0 aliphatic carbocycles. The number of carbonyl (C=O) groups is 2. The monoisotopic (exact) mass is 267 g/mol. The van der Waals surface area contributed by atoms with Gasteiger partial charge in [-0.15, -0.1) is 24.2 Å². The van der Waals surface area contributed by atoms with Gasteiger partial charge in [-0.25, -0.2) is 0 Å². The van der Waals surface area contributed by atoms with Gasteiger partial charge in [0, 0.05) is 12.1 Å². The minimum atomic E-state index is -0.417. The number of halogens is 1. The van der Waals surface area contributed by atoms with Gasteiger partial charge in [-0.2, -0.15) is 0 Å². The zero-order chi connectivity index (χ0) is 11.5. The summed E-state index contributed by atoms with van der Waals surface area (Å²) in [5.74, 6) is 0.972. The fourth-order valence-electron chi connectivity index (χ4n) is 1.10. The zero-order valence-corrected chi connectivity index (χ0v) is 11.1. The predicted molar refractivity (Wildman–Crippen MR) is 67.6 cm³/mol. The molecule has 16 heavy (non-hydrogen) atoms. The van der Waals surface area contributed by atoms with Gasteiger partial charge < -0.3 is 16.0 Å². The first-order valence-electron chi connectivity index (χ1n) is 4.79. The van der Waals surface area contributed by atoms with Crippen LogP contribution in [0.1, 0.15) is 13.8 Å². The van der Waals surface area contributed by atoms with E-state index in [-0.39, 0.29) is 30.8 Å². The smallest absolute Gasteiger partial charge is 0.239 e. The average Bonchev–Trinajstić information content (AvgIpc) is 2.47. The third-order valence-electron chi connectivity index (χ3n) is 1.90. The summed E-state index contributed by atoms with van der Waals surface area (Å²) >= 11 is 1.53. The molecule has 1 aliphatic heterocycles. The number of rotatable bonds is 4. The van der Waals surface area contributed by atoms with E-state index in [1.807, 2.05) is 13.8 Å². The zero-order valence-electron chi connectivity index (χ0n) is 9.49. The molecule has 1 saturated heterocycles. The van der Waals surface area contributed by atoms with Crippen molar-refractivity contribution < 1.29 is 9.59 Å². The molecular formula is C9H18ClN3O2S. The van der Waals surface area contributed by atoms with Crippen LogP contribution in [0.25, 0.3) is 0 Å². The van der Waals surface area contributed by atoms with Gasteiger partial charge in [0.15, 0.2) is 0 Å². The number of thioether (sulfide) groups is 1. The lowest BCUT2D eigenvalue weighted by Crippen LogP contribution is -2.47. The SMILES string of the molecule is CC(C)(N)CNC(=O)CN1CSCC1=O.Cl. The van der Waals surface area contributed by atoms with Crippen molar-refractivity contribution >= 4 is 36.0 Å². The molecule has 7 heteroatoms. The van der Waals surface area contributed by atoms with Crippen molar-refractivity contribution in [1.29, 1.82) is 0 Å². The summed E-state index contributed by atoms with van der Waals surface area (Å²) in [7, 11) is 0. The Morgan fingerprint density at radius 1 is 1.62 bits per heavy atom. The quantitative estimate of drug-likeness (QED) is 0.739. The first-order valence-corrected chi connectivity index (χ1v) is 5.95. The highest BCUT2D eigenvalue weighted by Crippen LogP contribution is 2.13. The van der Waals surface area contributed by atoms with E-state index >= 15 is 0 Å². The second-order valence-corrected chi connectivity index (χ2v) is 5.29. The number of nitrogens with zero attached hydrogens (tertiary/aromatic N) is 1. The highest BCUT2D eigenvalue weighted by molar-refractivity contribution is 8.00. The van der Waals surface area contributed by atoms with E-state index in [0.29, 0.717) is 18.2 Å². The number of nitrogens with one attached hydrogen (secondary N) is 1. The molecule has 0 radical (unpaired) electrons. The number of amides is 2. The standard InChI is InChI=1S/C9H17N3O2S.ClH/c1-9(2,10)5-11-7(13)3-12-6-15-4-8(12)14;/h3-6,10H2,1-2H3,(H,11,13);1H. The maximum absolute atomic E-state index is 11.4. The molecule has 3 N–H and O–H groups in total. The van der Waals surface area contributed by atoms with Crippen LogP contribution in [0, 0.1) is 0 Å². The van der Waals surface area contributed by atoms with Crippen LogP contribution in [0.3, 0.4) is 0 Å². The van der Waals surface area contributed by atoms with Crippen LogP contribution in [0.5, 0.6) is 0 Å². The van der Waals surface area contributed by atoms with Crippen molar-refractivity contribution in [2.75, 3.05) is 24.7 Å². The lowest BCUT2D eigenvalue weighted by atomic mass is 10.1. The molecule has 94 valence electrons. The van der Waals surface area contributed by atoms with Crippen molar-refractivity contribution in [1.82, 2.24) is 10.2 Å². The molecule has 0 aromatic heterocycles. The van der Waals surface area contributed by atoms with Crippen molar-refractivity contribution in [2.24, 2.45) is 5.73 Å². The summed E-state index contributed by atoms with van der Waals surface area (Å²) in [5.41, 5.74) is 5.30. The number of nitrogens with two attached hydrogens (primary N) is 1. The van der Waals surface area contributed by atoms with Crippen LogP contribution >= 0.6 is 24.2 Å². The van der Waals surface area contributed by atoms with E-state index in [0.717, 1.165) is 0 Å². The Bertz CT molecular complexity index is 268. The third kappa shape index (κ3) is 5.58. The van der Waals surface area contributed by atoms with Gasteiger partial charge in [-0.05, 0) is 13.8 Å². The Labute approximate surface area is 106 Å². The number of hydrogen-bond acceptors (Lipinski definition) is 4. The lowest BCUT2D eigenvalue weighted by molar-refractivity contribution is -0.132. The maximum atomic E-state index is 11.4. The van der Waals surface area contributed by atoms with E-state index in [9.17, 15) is 9.59 Å². The normalized spacial score (nSPS) is 15.9. The molecule has 0 saturated carbocycles. The summed E-state index contributed by atoms with van der Waals surface area (Å²) in [6.07, 6.45) is 0. The Morgan fingerprint density at radius 2 is 2.25 bits per heavy atom. The molecule has 0 atom stereocenters. The fourth-order valence-corrected chi connectivity index (χ4v) is 2.00. The molecule has 0 aromatic rings. The lowest BCUT2D eigenvalue weighted by Gasteiger charge is -2.20. The number of hydrogen-bond donors (Lipinski definition) is 2. The van der Waals surface area contributed by atoms with Gasteiger partial charge >= 0.3 is 0 Å². The molecule has 0 bridgehead atoms. The van der Waals surface area contributed by atoms with Gasteiger partial charge in [0.2, 0.25) is 11.8 Å². The van der Waals surface area contributed by atoms with Gasteiger partial charge in [0.05, 0.1) is 11.6 Å². The van der Waals surface area contributed by atoms with Crippen molar-refractivity contribution in [2.45, 2.75) is 19.4 Å². The number of carbonyl (C=O) groups excluding carboxylic acids is 2. The second-order valence-electron chi connectivity index (χ2n) is 4.33. The largest absolute Gasteiger partial charge is 0.353 e. The summed E-state index contributed by atoms with van der Waals surface area (Å²) in [5, 5.41) is 2.70. The molecule has 0 spiro atoms. The minimum Gasteiger partial charge on any atom is -0.353 e. The molecule has 1 fully saturated rings. The Kier molecular flexibility index (Phi) is 6.14. The highest BCUT2D eigenvalue weighted by Gasteiger charge is 2.23. The van der Waals surface area contributed by atoms with E-state index in [4.69, 9.17) is 5.73 Å². The summed E-state index contributed by atoms with van der Waals surface area (Å²) in [6.45, 7) is 4.23. The predicted octanol–water partition coefficient (Wildman–Crippen LogP) is -0.205. The maximum Gasteiger partial charge on any atom is 0.239 e. The van der Waals surface area contributed by atoms with Crippen LogP contribution < -0.4 is 11.1 Å². The highest BCUT2D eigenvalue weighted by atomic mass is 35.5. The third-order valence-corrected chi connectivity index (χ3v) is 2.85. The molecular weight excluding hydrogens is 250 g/mol. The molecule has 2 amide bonds. The molecule has 1 heterocycles. The fraction of sp³-hybridized carbons (Fsp3) is 0.778. The van der Waals surface area contributed by atoms with Crippen LogP contribution in [0.4, 0.5) is 0 Å². The van der Waals surface area contributed by atoms with E-state index < -0.39 is 5.54 Å². The van der Waals surface area contributed by atoms with Crippen LogP contribution in [-0.2, 0) is 9.59 Å². The van der Waals surface area contributed by atoms with Crippen LogP contribution in [-0.4, -0.2) is 47.0 Å². The Morgan fingerprint density at radius 3 is 2.69 bits per heavy atom. The molecule has 1 aliphatic rings. The molecule has 5 nitrogen and oxygen atoms in total. The Hall–Kier alpha value is -0.460. The van der Waals surface area contributed by atoms with Gasteiger partial charge in [0.25, 0.3) is 0 Å². The van der Waals surface area contributed by atoms with Crippen LogP contribution in [0.15, 0.2) is 0 Å². The van der Waals surface area contributed by atoms with Crippen molar-refractivity contribution in [3.8, 4) is 0 Å². The molecule has 1 rings (SSSR count). The van der Waals surface area contributed by atoms with Crippen molar-refractivity contribution in [3.05, 3.63) is 0 Å². The van der Waals surface area contributed by atoms with E-state index in [2.05, 4.69) is 5.32 Å². The van der Waals surface area contributed by atoms with E-state index in [1.165, 1.54) is 11.8 Å². The van der Waals surface area contributed by atoms with Gasteiger partial charge in [-0.3, -0.25) is 9.59 Å².